The van der Waals surface area contributed by atoms with Crippen LogP contribution in [0.25, 0.3) is 10.9 Å². The summed E-state index contributed by atoms with van der Waals surface area (Å²) in [5.41, 5.74) is 1.29. The Morgan fingerprint density at radius 2 is 1.69 bits per heavy atom. The number of benzene rings is 1. The van der Waals surface area contributed by atoms with E-state index in [1.54, 1.807) is 28.9 Å². The smallest absolute Gasteiger partial charge is 0.409 e. The van der Waals surface area contributed by atoms with E-state index in [4.69, 9.17) is 14.2 Å². The number of hydrogen-bond donors (Lipinski definition) is 2. The molecule has 0 spiro atoms. The summed E-state index contributed by atoms with van der Waals surface area (Å²) in [4.78, 5) is 90.1. The molecule has 1 saturated carbocycles. The summed E-state index contributed by atoms with van der Waals surface area (Å²) in [5.74, 6) is -1.82. The SMILES string of the molecule is CCOC(=O)N1CCN(C(=O)C(CCC(=O)OCCN(C)C)NC(=O)c2cc(OCC(=O)N3CCCC3C(=O)NC3CCC3)c3ccc(C)cc3n2)CC1. The molecule has 2 atom stereocenters. The zero-order valence-electron chi connectivity index (χ0n) is 31.8. The fourth-order valence-corrected chi connectivity index (χ4v) is 6.66. The van der Waals surface area contributed by atoms with E-state index in [2.05, 4.69) is 15.6 Å². The van der Waals surface area contributed by atoms with Crippen molar-refractivity contribution in [2.24, 2.45) is 0 Å². The van der Waals surface area contributed by atoms with E-state index in [1.165, 1.54) is 11.0 Å². The minimum Gasteiger partial charge on any atom is -0.483 e. The second kappa shape index (κ2) is 18.9. The third-order valence-electron chi connectivity index (χ3n) is 10.00. The third-order valence-corrected chi connectivity index (χ3v) is 10.00. The number of likely N-dealkylation sites (tertiary alicyclic amines) is 1. The van der Waals surface area contributed by atoms with Crippen molar-refractivity contribution in [2.45, 2.75) is 76.9 Å². The van der Waals surface area contributed by atoms with E-state index in [0.29, 0.717) is 36.8 Å². The summed E-state index contributed by atoms with van der Waals surface area (Å²) < 4.78 is 16.5. The van der Waals surface area contributed by atoms with E-state index in [-0.39, 0.29) is 88.1 Å². The molecule has 5 amide bonds. The van der Waals surface area contributed by atoms with Crippen LogP contribution in [0.2, 0.25) is 0 Å². The quantitative estimate of drug-likeness (QED) is 0.254. The van der Waals surface area contributed by atoms with Gasteiger partial charge in [-0.05, 0) is 84.2 Å². The van der Waals surface area contributed by atoms with Crippen LogP contribution in [0, 0.1) is 6.92 Å². The summed E-state index contributed by atoms with van der Waals surface area (Å²) in [6, 6.07) is 5.40. The third kappa shape index (κ3) is 10.6. The molecule has 16 nitrogen and oxygen atoms in total. The molecule has 1 aliphatic carbocycles. The monoisotopic (exact) mass is 751 g/mol. The average Bonchev–Trinajstić information content (AvgIpc) is 3.63. The number of ether oxygens (including phenoxy) is 3. The number of piperazine rings is 1. The lowest BCUT2D eigenvalue weighted by Gasteiger charge is -2.36. The number of rotatable bonds is 15. The standard InChI is InChI=1S/C38H53N7O9/c1-5-52-38(51)44-18-16-43(17-19-44)37(50)28(13-14-34(47)53-21-20-42(3)4)41-35(48)30-23-32(27-12-11-25(2)22-29(27)40-30)54-24-33(46)45-15-7-10-31(45)36(49)39-26-8-6-9-26/h11-12,22-23,26,28,31H,5-10,13-21,24H2,1-4H3,(H,39,49)(H,41,48). The van der Waals surface area contributed by atoms with Crippen molar-refractivity contribution >= 4 is 46.6 Å². The minimum atomic E-state index is -1.10. The highest BCUT2D eigenvalue weighted by atomic mass is 16.6. The molecular formula is C38H53N7O9. The van der Waals surface area contributed by atoms with Crippen molar-refractivity contribution in [3.8, 4) is 5.75 Å². The van der Waals surface area contributed by atoms with E-state index in [9.17, 15) is 28.8 Å². The van der Waals surface area contributed by atoms with Gasteiger partial charge in [-0.3, -0.25) is 24.0 Å². The minimum absolute atomic E-state index is 0.0284. The molecule has 3 heterocycles. The normalized spacial score (nSPS) is 17.9. The van der Waals surface area contributed by atoms with Gasteiger partial charge in [-0.1, -0.05) is 6.07 Å². The van der Waals surface area contributed by atoms with Gasteiger partial charge in [0.2, 0.25) is 11.8 Å². The molecule has 54 heavy (non-hydrogen) atoms. The summed E-state index contributed by atoms with van der Waals surface area (Å²) in [5, 5.41) is 6.41. The summed E-state index contributed by atoms with van der Waals surface area (Å²) >= 11 is 0. The van der Waals surface area contributed by atoms with Crippen LogP contribution in [0.5, 0.6) is 5.75 Å². The molecule has 0 bridgehead atoms. The zero-order chi connectivity index (χ0) is 38.8. The second-order valence-corrected chi connectivity index (χ2v) is 14.3. The van der Waals surface area contributed by atoms with Crippen molar-refractivity contribution in [1.82, 2.24) is 35.2 Å². The van der Waals surface area contributed by atoms with Gasteiger partial charge in [-0.15, -0.1) is 0 Å². The van der Waals surface area contributed by atoms with Gasteiger partial charge in [0.25, 0.3) is 11.8 Å². The predicted octanol–water partition coefficient (Wildman–Crippen LogP) is 1.87. The molecule has 3 aliphatic rings. The molecule has 2 aliphatic heterocycles. The van der Waals surface area contributed by atoms with Crippen molar-refractivity contribution in [1.29, 1.82) is 0 Å². The van der Waals surface area contributed by atoms with Gasteiger partial charge in [0.05, 0.1) is 12.1 Å². The molecule has 294 valence electrons. The van der Waals surface area contributed by atoms with Crippen LogP contribution >= 0.6 is 0 Å². The van der Waals surface area contributed by atoms with Crippen LogP contribution in [0.4, 0.5) is 4.79 Å². The maximum absolute atomic E-state index is 13.9. The van der Waals surface area contributed by atoms with Crippen LogP contribution in [-0.2, 0) is 28.7 Å². The number of likely N-dealkylation sites (N-methyl/N-ethyl adjacent to an activating group) is 1. The van der Waals surface area contributed by atoms with Crippen LogP contribution in [-0.4, -0.2) is 152 Å². The fourth-order valence-electron chi connectivity index (χ4n) is 6.66. The Morgan fingerprint density at radius 3 is 2.37 bits per heavy atom. The van der Waals surface area contributed by atoms with Crippen molar-refractivity contribution in [3.05, 3.63) is 35.5 Å². The first-order chi connectivity index (χ1) is 25.9. The highest BCUT2D eigenvalue weighted by Crippen LogP contribution is 2.28. The van der Waals surface area contributed by atoms with Crippen LogP contribution in [0.1, 0.15) is 67.9 Å². The van der Waals surface area contributed by atoms with Gasteiger partial charge < -0.3 is 44.4 Å². The van der Waals surface area contributed by atoms with Gasteiger partial charge in [0.1, 0.15) is 30.1 Å². The fraction of sp³-hybridized carbons (Fsp3) is 0.605. The molecule has 16 heteroatoms. The molecule has 5 rings (SSSR count). The molecule has 1 aromatic heterocycles. The van der Waals surface area contributed by atoms with E-state index in [1.807, 2.05) is 32.0 Å². The Morgan fingerprint density at radius 1 is 0.944 bits per heavy atom. The van der Waals surface area contributed by atoms with E-state index < -0.39 is 36.0 Å². The van der Waals surface area contributed by atoms with Crippen LogP contribution < -0.4 is 15.4 Å². The van der Waals surface area contributed by atoms with Gasteiger partial charge in [-0.25, -0.2) is 9.78 Å². The Kier molecular flexibility index (Phi) is 14.0. The number of hydrogen-bond acceptors (Lipinski definition) is 11. The number of esters is 1. The molecule has 2 aromatic rings. The molecule has 1 aromatic carbocycles. The Labute approximate surface area is 315 Å². The van der Waals surface area contributed by atoms with Crippen LogP contribution in [0.15, 0.2) is 24.3 Å². The average molecular weight is 752 g/mol. The topological polar surface area (TPSA) is 180 Å². The molecule has 3 fully saturated rings. The zero-order valence-corrected chi connectivity index (χ0v) is 31.8. The Hall–Kier alpha value is -4.99. The van der Waals surface area contributed by atoms with Gasteiger partial charge in [-0.2, -0.15) is 0 Å². The first kappa shape index (κ1) is 40.2. The van der Waals surface area contributed by atoms with Crippen molar-refractivity contribution < 1.29 is 43.0 Å². The number of nitrogens with one attached hydrogen (secondary N) is 2. The van der Waals surface area contributed by atoms with E-state index in [0.717, 1.165) is 24.8 Å². The number of carbonyl (C=O) groups is 6. The lowest BCUT2D eigenvalue weighted by Crippen LogP contribution is -2.56. The number of pyridine rings is 1. The molecular weight excluding hydrogens is 698 g/mol. The second-order valence-electron chi connectivity index (χ2n) is 14.3. The number of nitrogens with zero attached hydrogens (tertiary/aromatic N) is 5. The lowest BCUT2D eigenvalue weighted by atomic mass is 9.93. The molecule has 2 unspecified atom stereocenters. The largest absolute Gasteiger partial charge is 0.483 e. The highest BCUT2D eigenvalue weighted by Gasteiger charge is 2.36. The van der Waals surface area contributed by atoms with Gasteiger partial charge >= 0.3 is 12.1 Å². The number of carbonyl (C=O) groups excluding carboxylic acids is 6. The molecule has 0 radical (unpaired) electrons. The summed E-state index contributed by atoms with van der Waals surface area (Å²) in [7, 11) is 3.72. The number of amides is 5. The first-order valence-corrected chi connectivity index (χ1v) is 18.9. The maximum Gasteiger partial charge on any atom is 0.409 e. The van der Waals surface area contributed by atoms with E-state index >= 15 is 0 Å². The lowest BCUT2D eigenvalue weighted by molar-refractivity contribution is -0.144. The van der Waals surface area contributed by atoms with Crippen LogP contribution in [0.3, 0.4) is 0 Å². The maximum atomic E-state index is 13.9. The number of aromatic nitrogens is 1. The van der Waals surface area contributed by atoms with Crippen molar-refractivity contribution in [2.75, 3.05) is 73.2 Å². The number of fused-ring (bicyclic) bond motifs is 1. The first-order valence-electron chi connectivity index (χ1n) is 18.9. The summed E-state index contributed by atoms with van der Waals surface area (Å²) in [6.45, 7) is 5.61. The summed E-state index contributed by atoms with van der Waals surface area (Å²) in [6.07, 6.45) is 3.68. The molecule has 2 saturated heterocycles. The predicted molar refractivity (Wildman–Crippen MR) is 198 cm³/mol. The molecule has 2 N–H and O–H groups in total. The Bertz CT molecular complexity index is 1690. The highest BCUT2D eigenvalue weighted by molar-refractivity contribution is 5.99. The number of aryl methyl sites for hydroxylation is 1. The van der Waals surface area contributed by atoms with Gasteiger partial charge in [0.15, 0.2) is 6.61 Å². The van der Waals surface area contributed by atoms with Crippen molar-refractivity contribution in [3.63, 3.8) is 0 Å². The van der Waals surface area contributed by atoms with Gasteiger partial charge in [0, 0.05) is 63.2 Å². The Balaban J connectivity index is 1.30.